The van der Waals surface area contributed by atoms with Crippen LogP contribution in [0.2, 0.25) is 0 Å². The summed E-state index contributed by atoms with van der Waals surface area (Å²) < 4.78 is 39.1. The minimum Gasteiger partial charge on any atom is -0.344 e. The summed E-state index contributed by atoms with van der Waals surface area (Å²) in [6.45, 7) is 5.55. The summed E-state index contributed by atoms with van der Waals surface area (Å²) in [4.78, 5) is 6.38. The Balaban J connectivity index is 1.38. The lowest BCUT2D eigenvalue weighted by Gasteiger charge is -2.33. The first-order chi connectivity index (χ1) is 14.8. The van der Waals surface area contributed by atoms with Crippen molar-refractivity contribution in [3.63, 3.8) is 0 Å². The number of hydrogen-bond acceptors (Lipinski definition) is 4. The zero-order valence-corrected chi connectivity index (χ0v) is 17.5. The number of hydrogen-bond donors (Lipinski definition) is 1. The van der Waals surface area contributed by atoms with Crippen LogP contribution in [-0.2, 0) is 7.05 Å². The van der Waals surface area contributed by atoms with E-state index in [4.69, 9.17) is 0 Å². The molecule has 0 aliphatic carbocycles. The van der Waals surface area contributed by atoms with Crippen molar-refractivity contribution in [2.24, 2.45) is 13.0 Å². The van der Waals surface area contributed by atoms with Crippen molar-refractivity contribution in [3.8, 4) is 11.1 Å². The maximum Gasteiger partial charge on any atom is 0.390 e. The van der Waals surface area contributed by atoms with Crippen LogP contribution in [0.1, 0.15) is 19.3 Å². The van der Waals surface area contributed by atoms with Crippen molar-refractivity contribution in [1.82, 2.24) is 19.7 Å². The Kier molecular flexibility index (Phi) is 6.00. The van der Waals surface area contributed by atoms with Crippen molar-refractivity contribution in [2.45, 2.75) is 25.4 Å². The van der Waals surface area contributed by atoms with Crippen LogP contribution in [0.4, 0.5) is 19.0 Å². The van der Waals surface area contributed by atoms with Crippen molar-refractivity contribution in [3.05, 3.63) is 55.1 Å². The molecule has 0 saturated carbocycles. The molecule has 3 heterocycles. The van der Waals surface area contributed by atoms with Crippen LogP contribution >= 0.6 is 0 Å². The van der Waals surface area contributed by atoms with Crippen molar-refractivity contribution >= 4 is 16.6 Å². The summed E-state index contributed by atoms with van der Waals surface area (Å²) in [5.74, 6) is 0.946. The van der Waals surface area contributed by atoms with Gasteiger partial charge in [-0.05, 0) is 49.0 Å². The molecule has 1 fully saturated rings. The molecule has 0 unspecified atom stereocenters. The summed E-state index contributed by atoms with van der Waals surface area (Å²) in [6.07, 6.45) is 2.39. The van der Waals surface area contributed by atoms with E-state index in [9.17, 15) is 13.2 Å². The second-order valence-corrected chi connectivity index (χ2v) is 8.17. The minimum atomic E-state index is -4.10. The molecule has 1 saturated heterocycles. The minimum absolute atomic E-state index is 0.0711. The van der Waals surface area contributed by atoms with Gasteiger partial charge in [-0.3, -0.25) is 4.68 Å². The molecular formula is C23H26F3N5. The first-order valence-corrected chi connectivity index (χ1v) is 10.4. The predicted molar refractivity (Wildman–Crippen MR) is 117 cm³/mol. The van der Waals surface area contributed by atoms with Gasteiger partial charge in [-0.2, -0.15) is 18.3 Å². The van der Waals surface area contributed by atoms with Gasteiger partial charge >= 0.3 is 6.18 Å². The van der Waals surface area contributed by atoms with Crippen LogP contribution < -0.4 is 5.32 Å². The Morgan fingerprint density at radius 1 is 1.13 bits per heavy atom. The molecule has 0 radical (unpaired) electrons. The summed E-state index contributed by atoms with van der Waals surface area (Å²) in [7, 11) is 1.89. The number of nitrogens with one attached hydrogen (secondary N) is 1. The number of nitrogens with zero attached hydrogens (tertiary/aromatic N) is 4. The van der Waals surface area contributed by atoms with E-state index in [0.29, 0.717) is 13.1 Å². The number of anilines is 1. The van der Waals surface area contributed by atoms with Gasteiger partial charge in [0.15, 0.2) is 0 Å². The predicted octanol–water partition coefficient (Wildman–Crippen LogP) is 5.23. The smallest absolute Gasteiger partial charge is 0.344 e. The molecule has 0 atom stereocenters. The largest absolute Gasteiger partial charge is 0.390 e. The fourth-order valence-electron chi connectivity index (χ4n) is 4.02. The van der Waals surface area contributed by atoms with Gasteiger partial charge in [0.05, 0.1) is 12.6 Å². The van der Waals surface area contributed by atoms with E-state index in [0.717, 1.165) is 46.3 Å². The summed E-state index contributed by atoms with van der Waals surface area (Å²) in [5, 5.41) is 9.66. The molecule has 8 heteroatoms. The number of benzene rings is 1. The first-order valence-electron chi connectivity index (χ1n) is 10.4. The van der Waals surface area contributed by atoms with E-state index < -0.39 is 12.6 Å². The number of aryl methyl sites for hydroxylation is 1. The molecule has 1 aromatic carbocycles. The molecule has 1 aliphatic rings. The average molecular weight is 429 g/mol. The van der Waals surface area contributed by atoms with E-state index in [1.807, 2.05) is 42.7 Å². The van der Waals surface area contributed by atoms with Gasteiger partial charge in [-0.25, -0.2) is 4.98 Å². The van der Waals surface area contributed by atoms with Crippen LogP contribution in [0.25, 0.3) is 21.9 Å². The van der Waals surface area contributed by atoms with Gasteiger partial charge in [0.2, 0.25) is 0 Å². The number of pyridine rings is 1. The van der Waals surface area contributed by atoms with E-state index in [1.54, 1.807) is 4.68 Å². The van der Waals surface area contributed by atoms with Crippen LogP contribution in [0.3, 0.4) is 0 Å². The average Bonchev–Trinajstić information content (AvgIpc) is 3.18. The second-order valence-electron chi connectivity index (χ2n) is 8.17. The quantitative estimate of drug-likeness (QED) is 0.583. The highest BCUT2D eigenvalue weighted by Crippen LogP contribution is 2.28. The zero-order chi connectivity index (χ0) is 22.0. The number of piperidine rings is 1. The molecule has 3 aromatic rings. The number of allylic oxidation sites excluding steroid dienone is 1. The monoisotopic (exact) mass is 429 g/mol. The van der Waals surface area contributed by atoms with Gasteiger partial charge in [-0.1, -0.05) is 18.7 Å². The third kappa shape index (κ3) is 5.44. The van der Waals surface area contributed by atoms with Crippen molar-refractivity contribution in [1.29, 1.82) is 0 Å². The first kappa shape index (κ1) is 21.4. The molecule has 1 aliphatic heterocycles. The fraction of sp³-hybridized carbons (Fsp3) is 0.391. The van der Waals surface area contributed by atoms with Gasteiger partial charge < -0.3 is 10.2 Å². The molecule has 1 N–H and O–H groups in total. The Bertz CT molecular complexity index is 1060. The molecule has 0 bridgehead atoms. The second kappa shape index (κ2) is 8.70. The standard InChI is InChI=1S/C23H26F3N5/c1-16(17-5-8-31(9-6-17)10-7-23(24,25)26)29-22-12-20-11-18(3-4-19(20)13-27-22)21-14-28-30(2)15-21/h3-4,11-15,17H,1,5-10H2,2H3,(H,27,29). The Hall–Kier alpha value is -2.87. The number of fused-ring (bicyclic) bond motifs is 1. The Labute approximate surface area is 179 Å². The number of likely N-dealkylation sites (tertiary alicyclic amines) is 1. The van der Waals surface area contributed by atoms with Gasteiger partial charge in [0.1, 0.15) is 5.82 Å². The zero-order valence-electron chi connectivity index (χ0n) is 17.5. The molecule has 0 amide bonds. The number of aromatic nitrogens is 3. The SMILES string of the molecule is C=C(Nc1cc2cc(-c3cnn(C)c3)ccc2cn1)C1CCN(CCC(F)(F)F)CC1. The fourth-order valence-corrected chi connectivity index (χ4v) is 4.02. The van der Waals surface area contributed by atoms with Gasteiger partial charge in [0.25, 0.3) is 0 Å². The lowest BCUT2D eigenvalue weighted by atomic mass is 9.94. The molecule has 2 aromatic heterocycles. The van der Waals surface area contributed by atoms with E-state index in [2.05, 4.69) is 34.1 Å². The van der Waals surface area contributed by atoms with Crippen LogP contribution in [-0.4, -0.2) is 45.5 Å². The lowest BCUT2D eigenvalue weighted by molar-refractivity contribution is -0.138. The molecular weight excluding hydrogens is 403 g/mol. The van der Waals surface area contributed by atoms with E-state index >= 15 is 0 Å². The summed E-state index contributed by atoms with van der Waals surface area (Å²) >= 11 is 0. The highest BCUT2D eigenvalue weighted by molar-refractivity contribution is 5.88. The highest BCUT2D eigenvalue weighted by atomic mass is 19.4. The Morgan fingerprint density at radius 3 is 2.58 bits per heavy atom. The highest BCUT2D eigenvalue weighted by Gasteiger charge is 2.29. The van der Waals surface area contributed by atoms with Crippen LogP contribution in [0, 0.1) is 5.92 Å². The third-order valence-electron chi connectivity index (χ3n) is 5.84. The molecule has 5 nitrogen and oxygen atoms in total. The summed E-state index contributed by atoms with van der Waals surface area (Å²) in [5.41, 5.74) is 3.01. The summed E-state index contributed by atoms with van der Waals surface area (Å²) in [6, 6.07) is 8.21. The van der Waals surface area contributed by atoms with Crippen molar-refractivity contribution < 1.29 is 13.2 Å². The molecule has 31 heavy (non-hydrogen) atoms. The molecule has 0 spiro atoms. The van der Waals surface area contributed by atoms with E-state index in [1.165, 1.54) is 0 Å². The molecule has 4 rings (SSSR count). The Morgan fingerprint density at radius 2 is 1.90 bits per heavy atom. The number of halogens is 3. The van der Waals surface area contributed by atoms with Gasteiger partial charge in [0, 0.05) is 48.6 Å². The lowest BCUT2D eigenvalue weighted by Crippen LogP contribution is -2.37. The maximum absolute atomic E-state index is 12.4. The molecule has 164 valence electrons. The normalized spacial score (nSPS) is 16.0. The van der Waals surface area contributed by atoms with E-state index in [-0.39, 0.29) is 12.5 Å². The van der Waals surface area contributed by atoms with Crippen LogP contribution in [0.15, 0.2) is 55.1 Å². The number of alkyl halides is 3. The number of rotatable bonds is 6. The topological polar surface area (TPSA) is 46.0 Å². The maximum atomic E-state index is 12.4. The van der Waals surface area contributed by atoms with Crippen molar-refractivity contribution in [2.75, 3.05) is 25.0 Å². The third-order valence-corrected chi connectivity index (χ3v) is 5.84. The van der Waals surface area contributed by atoms with Gasteiger partial charge in [-0.15, -0.1) is 0 Å². The van der Waals surface area contributed by atoms with Crippen LogP contribution in [0.5, 0.6) is 0 Å².